The highest BCUT2D eigenvalue weighted by molar-refractivity contribution is 5.92. The minimum absolute atomic E-state index is 0.347. The zero-order valence-electron chi connectivity index (χ0n) is 11.5. The minimum Gasteiger partial charge on any atom is -0.365 e. The molecule has 102 valence electrons. The van der Waals surface area contributed by atoms with Crippen LogP contribution in [0.2, 0.25) is 0 Å². The molecule has 1 fully saturated rings. The number of hydrogen-bond acceptors (Lipinski definition) is 4. The summed E-state index contributed by atoms with van der Waals surface area (Å²) in [6.07, 6.45) is 0.560. The quantitative estimate of drug-likeness (QED) is 0.839. The van der Waals surface area contributed by atoms with E-state index in [9.17, 15) is 0 Å². The van der Waals surface area contributed by atoms with Gasteiger partial charge in [0, 0.05) is 23.3 Å². The number of nitriles is 1. The van der Waals surface area contributed by atoms with Gasteiger partial charge in [-0.2, -0.15) is 5.26 Å². The molecule has 0 spiro atoms. The highest BCUT2D eigenvalue weighted by atomic mass is 16.5. The number of aryl methyl sites for hydroxylation is 1. The molecule has 1 aliphatic rings. The Morgan fingerprint density at radius 1 is 1.45 bits per heavy atom. The normalized spacial score (nSPS) is 19.0. The molecule has 1 unspecified atom stereocenters. The Balaban J connectivity index is 2.07. The zero-order valence-corrected chi connectivity index (χ0v) is 11.5. The number of anilines is 1. The van der Waals surface area contributed by atoms with E-state index in [0.717, 1.165) is 35.2 Å². The smallest absolute Gasteiger partial charge is 0.161 e. The van der Waals surface area contributed by atoms with Crippen molar-refractivity contribution in [2.24, 2.45) is 0 Å². The second kappa shape index (κ2) is 5.48. The number of benzene rings is 1. The predicted octanol–water partition coefficient (Wildman–Crippen LogP) is 2.53. The van der Waals surface area contributed by atoms with Crippen molar-refractivity contribution in [3.8, 4) is 6.07 Å². The summed E-state index contributed by atoms with van der Waals surface area (Å²) in [6, 6.07) is 12.5. The fraction of sp³-hybridized carbons (Fsp3) is 0.375. The number of para-hydroxylation sites is 1. The van der Waals surface area contributed by atoms with Crippen molar-refractivity contribution in [2.75, 3.05) is 24.6 Å². The summed E-state index contributed by atoms with van der Waals surface area (Å²) >= 11 is 0. The van der Waals surface area contributed by atoms with Gasteiger partial charge in [-0.25, -0.2) is 0 Å². The minimum atomic E-state index is -0.347. The van der Waals surface area contributed by atoms with Gasteiger partial charge < -0.3 is 9.64 Å². The third kappa shape index (κ3) is 2.33. The van der Waals surface area contributed by atoms with E-state index in [-0.39, 0.29) is 6.10 Å². The fourth-order valence-electron chi connectivity index (χ4n) is 2.60. The Labute approximate surface area is 118 Å². The molecule has 2 aromatic rings. The van der Waals surface area contributed by atoms with Crippen LogP contribution in [0.1, 0.15) is 12.6 Å². The summed E-state index contributed by atoms with van der Waals surface area (Å²) in [5, 5.41) is 10.2. The predicted molar refractivity (Wildman–Crippen MR) is 78.7 cm³/mol. The molecule has 0 radical (unpaired) electrons. The molecule has 2 heterocycles. The van der Waals surface area contributed by atoms with Gasteiger partial charge in [0.15, 0.2) is 6.10 Å². The van der Waals surface area contributed by atoms with Crippen LogP contribution in [-0.2, 0) is 11.2 Å². The maximum Gasteiger partial charge on any atom is 0.161 e. The number of fused-ring (bicyclic) bond motifs is 1. The summed E-state index contributed by atoms with van der Waals surface area (Å²) in [7, 11) is 0. The average Bonchev–Trinajstić information content (AvgIpc) is 2.53. The summed E-state index contributed by atoms with van der Waals surface area (Å²) < 4.78 is 5.43. The van der Waals surface area contributed by atoms with Gasteiger partial charge >= 0.3 is 0 Å². The van der Waals surface area contributed by atoms with Gasteiger partial charge in [0.2, 0.25) is 0 Å². The van der Waals surface area contributed by atoms with Crippen LogP contribution < -0.4 is 4.90 Å². The van der Waals surface area contributed by atoms with Crippen LogP contribution in [0.5, 0.6) is 0 Å². The number of aromatic nitrogens is 1. The molecule has 3 rings (SSSR count). The first kappa shape index (κ1) is 12.9. The van der Waals surface area contributed by atoms with Crippen molar-refractivity contribution >= 4 is 16.6 Å². The van der Waals surface area contributed by atoms with Gasteiger partial charge in [-0.05, 0) is 18.6 Å². The monoisotopic (exact) mass is 267 g/mol. The first-order valence-corrected chi connectivity index (χ1v) is 6.96. The number of ether oxygens (including phenoxy) is 1. The lowest BCUT2D eigenvalue weighted by Gasteiger charge is -2.32. The lowest BCUT2D eigenvalue weighted by Crippen LogP contribution is -2.42. The summed E-state index contributed by atoms with van der Waals surface area (Å²) in [6.45, 7) is 4.14. The first-order valence-electron chi connectivity index (χ1n) is 6.96. The summed E-state index contributed by atoms with van der Waals surface area (Å²) in [5.41, 5.74) is 3.26. The molecule has 1 aromatic carbocycles. The Morgan fingerprint density at radius 3 is 3.10 bits per heavy atom. The molecular formula is C16H17N3O. The van der Waals surface area contributed by atoms with Gasteiger partial charge in [-0.3, -0.25) is 4.98 Å². The zero-order chi connectivity index (χ0) is 13.9. The van der Waals surface area contributed by atoms with Crippen LogP contribution in [0.15, 0.2) is 30.3 Å². The van der Waals surface area contributed by atoms with E-state index in [1.807, 2.05) is 18.2 Å². The van der Waals surface area contributed by atoms with E-state index in [1.54, 1.807) is 0 Å². The Morgan fingerprint density at radius 2 is 2.30 bits per heavy atom. The van der Waals surface area contributed by atoms with Crippen molar-refractivity contribution in [3.05, 3.63) is 36.0 Å². The van der Waals surface area contributed by atoms with E-state index >= 15 is 0 Å². The largest absolute Gasteiger partial charge is 0.365 e. The maximum absolute atomic E-state index is 9.06. The van der Waals surface area contributed by atoms with Crippen molar-refractivity contribution in [2.45, 2.75) is 19.4 Å². The number of hydrogen-bond donors (Lipinski definition) is 0. The molecule has 0 N–H and O–H groups in total. The van der Waals surface area contributed by atoms with Crippen LogP contribution in [0.4, 0.5) is 5.69 Å². The van der Waals surface area contributed by atoms with Crippen LogP contribution in [0, 0.1) is 11.3 Å². The van der Waals surface area contributed by atoms with Gasteiger partial charge in [0.1, 0.15) is 0 Å². The van der Waals surface area contributed by atoms with E-state index in [4.69, 9.17) is 10.00 Å². The number of pyridine rings is 1. The summed E-state index contributed by atoms with van der Waals surface area (Å²) in [4.78, 5) is 6.90. The number of rotatable bonds is 2. The Kier molecular flexibility index (Phi) is 3.53. The molecule has 1 saturated heterocycles. The number of morpholine rings is 1. The molecule has 0 amide bonds. The lowest BCUT2D eigenvalue weighted by atomic mass is 10.1. The molecule has 4 nitrogen and oxygen atoms in total. The first-order chi connectivity index (χ1) is 9.81. The Bertz CT molecular complexity index is 662. The molecule has 0 saturated carbocycles. The van der Waals surface area contributed by atoms with Gasteiger partial charge in [0.25, 0.3) is 0 Å². The molecule has 1 aromatic heterocycles. The van der Waals surface area contributed by atoms with Crippen molar-refractivity contribution in [3.63, 3.8) is 0 Å². The standard InChI is InChI=1S/C16H17N3O/c1-2-12-9-16(14-5-3-4-6-15(14)18-12)19-7-8-20-13(10-17)11-19/h3-6,9,13H,2,7-8,11H2,1H3. The van der Waals surface area contributed by atoms with Crippen LogP contribution in [0.25, 0.3) is 10.9 Å². The van der Waals surface area contributed by atoms with Gasteiger partial charge in [0.05, 0.1) is 24.7 Å². The molecular weight excluding hydrogens is 250 g/mol. The SMILES string of the molecule is CCc1cc(N2CCOC(C#N)C2)c2ccccc2n1. The van der Waals surface area contributed by atoms with Crippen LogP contribution >= 0.6 is 0 Å². The molecule has 1 atom stereocenters. The Hall–Kier alpha value is -2.12. The van der Waals surface area contributed by atoms with E-state index < -0.39 is 0 Å². The lowest BCUT2D eigenvalue weighted by molar-refractivity contribution is 0.0765. The second-order valence-corrected chi connectivity index (χ2v) is 4.94. The van der Waals surface area contributed by atoms with Crippen molar-refractivity contribution in [1.29, 1.82) is 5.26 Å². The van der Waals surface area contributed by atoms with E-state index in [2.05, 4.69) is 35.0 Å². The molecule has 4 heteroatoms. The fourth-order valence-corrected chi connectivity index (χ4v) is 2.60. The van der Waals surface area contributed by atoms with Crippen LogP contribution in [0.3, 0.4) is 0 Å². The molecule has 20 heavy (non-hydrogen) atoms. The topological polar surface area (TPSA) is 49.1 Å². The third-order valence-corrected chi connectivity index (χ3v) is 3.66. The number of nitrogens with zero attached hydrogens (tertiary/aromatic N) is 3. The maximum atomic E-state index is 9.06. The summed E-state index contributed by atoms with van der Waals surface area (Å²) in [5.74, 6) is 0. The average molecular weight is 267 g/mol. The van der Waals surface area contributed by atoms with E-state index in [1.165, 1.54) is 0 Å². The van der Waals surface area contributed by atoms with Gasteiger partial charge in [-0.1, -0.05) is 25.1 Å². The highest BCUT2D eigenvalue weighted by Crippen LogP contribution is 2.28. The van der Waals surface area contributed by atoms with Crippen LogP contribution in [-0.4, -0.2) is 30.8 Å². The van der Waals surface area contributed by atoms with E-state index in [0.29, 0.717) is 13.2 Å². The highest BCUT2D eigenvalue weighted by Gasteiger charge is 2.22. The third-order valence-electron chi connectivity index (χ3n) is 3.66. The molecule has 1 aliphatic heterocycles. The van der Waals surface area contributed by atoms with Gasteiger partial charge in [-0.15, -0.1) is 0 Å². The van der Waals surface area contributed by atoms with Crippen molar-refractivity contribution < 1.29 is 4.74 Å². The second-order valence-electron chi connectivity index (χ2n) is 4.94. The van der Waals surface area contributed by atoms with Crippen molar-refractivity contribution in [1.82, 2.24) is 4.98 Å². The molecule has 0 aliphatic carbocycles. The molecule has 0 bridgehead atoms.